The molecule has 2 rings (SSSR count). The van der Waals surface area contributed by atoms with Crippen LogP contribution in [0.1, 0.15) is 24.1 Å². The molecule has 1 atom stereocenters. The molecule has 0 aliphatic carbocycles. The molecule has 0 saturated heterocycles. The summed E-state index contributed by atoms with van der Waals surface area (Å²) in [7, 11) is 0. The lowest BCUT2D eigenvalue weighted by Crippen LogP contribution is -2.13. The molecule has 2 aromatic rings. The summed E-state index contributed by atoms with van der Waals surface area (Å²) < 4.78 is 39.6. The summed E-state index contributed by atoms with van der Waals surface area (Å²) in [5, 5.41) is 2.92. The van der Waals surface area contributed by atoms with Gasteiger partial charge in [-0.2, -0.15) is 13.2 Å². The molecule has 0 aromatic heterocycles. The number of anilines is 1. The number of hydrogen-bond donors (Lipinski definition) is 1. The van der Waals surface area contributed by atoms with Crippen molar-refractivity contribution in [2.45, 2.75) is 19.1 Å². The van der Waals surface area contributed by atoms with E-state index in [-0.39, 0.29) is 11.7 Å². The first-order valence-corrected chi connectivity index (χ1v) is 6.85. The van der Waals surface area contributed by atoms with Crippen molar-refractivity contribution in [2.75, 3.05) is 5.32 Å². The molecule has 0 amide bonds. The van der Waals surface area contributed by atoms with Crippen molar-refractivity contribution in [1.82, 2.24) is 0 Å². The van der Waals surface area contributed by atoms with Crippen molar-refractivity contribution in [1.29, 1.82) is 0 Å². The largest absolute Gasteiger partial charge is 0.418 e. The molecular weight excluding hydrogens is 331 g/mol. The topological polar surface area (TPSA) is 12.0 Å². The van der Waals surface area contributed by atoms with Gasteiger partial charge in [0.2, 0.25) is 0 Å². The second kappa shape index (κ2) is 5.87. The van der Waals surface area contributed by atoms with Gasteiger partial charge in [0.05, 0.1) is 5.56 Å². The van der Waals surface area contributed by atoms with Crippen molar-refractivity contribution in [3.05, 3.63) is 64.1 Å². The first kappa shape index (κ1) is 14.9. The highest BCUT2D eigenvalue weighted by Crippen LogP contribution is 2.36. The Labute approximate surface area is 123 Å². The van der Waals surface area contributed by atoms with Crippen LogP contribution in [-0.2, 0) is 6.18 Å². The first-order chi connectivity index (χ1) is 9.38. The standard InChI is InChI=1S/C15H13BrF3N/c1-10(11-5-4-6-12(16)9-11)20-14-8-3-2-7-13(14)15(17,18)19/h2-10,20H,1H3. The van der Waals surface area contributed by atoms with Crippen LogP contribution in [0.25, 0.3) is 0 Å². The molecule has 1 nitrogen and oxygen atoms in total. The molecule has 5 heteroatoms. The number of benzene rings is 2. The Balaban J connectivity index is 2.26. The highest BCUT2D eigenvalue weighted by atomic mass is 79.9. The van der Waals surface area contributed by atoms with Crippen LogP contribution in [-0.4, -0.2) is 0 Å². The molecule has 0 aliphatic heterocycles. The van der Waals surface area contributed by atoms with Gasteiger partial charge in [-0.1, -0.05) is 40.2 Å². The normalized spacial score (nSPS) is 13.1. The van der Waals surface area contributed by atoms with E-state index in [2.05, 4.69) is 21.2 Å². The Morgan fingerprint density at radius 3 is 2.40 bits per heavy atom. The average Bonchev–Trinajstić information content (AvgIpc) is 2.38. The van der Waals surface area contributed by atoms with Crippen LogP contribution >= 0.6 is 15.9 Å². The van der Waals surface area contributed by atoms with Crippen LogP contribution in [0.3, 0.4) is 0 Å². The number of nitrogens with one attached hydrogen (secondary N) is 1. The summed E-state index contributed by atoms with van der Waals surface area (Å²) >= 11 is 3.35. The minimum Gasteiger partial charge on any atom is -0.378 e. The van der Waals surface area contributed by atoms with Crippen LogP contribution in [0, 0.1) is 0 Å². The smallest absolute Gasteiger partial charge is 0.378 e. The zero-order valence-electron chi connectivity index (χ0n) is 10.7. The van der Waals surface area contributed by atoms with Crippen molar-refractivity contribution in [3.63, 3.8) is 0 Å². The first-order valence-electron chi connectivity index (χ1n) is 6.06. The summed E-state index contributed by atoms with van der Waals surface area (Å²) in [5.74, 6) is 0. The van der Waals surface area contributed by atoms with E-state index in [1.165, 1.54) is 12.1 Å². The lowest BCUT2D eigenvalue weighted by Gasteiger charge is -2.19. The molecule has 0 radical (unpaired) electrons. The van der Waals surface area contributed by atoms with Gasteiger partial charge in [0.25, 0.3) is 0 Å². The molecule has 2 aromatic carbocycles. The number of hydrogen-bond acceptors (Lipinski definition) is 1. The molecule has 0 fully saturated rings. The highest BCUT2D eigenvalue weighted by Gasteiger charge is 2.33. The van der Waals surface area contributed by atoms with Crippen molar-refractivity contribution < 1.29 is 13.2 Å². The molecule has 20 heavy (non-hydrogen) atoms. The van der Waals surface area contributed by atoms with Gasteiger partial charge in [-0.05, 0) is 36.8 Å². The van der Waals surface area contributed by atoms with Gasteiger partial charge in [-0.25, -0.2) is 0 Å². The number of alkyl halides is 3. The third-order valence-corrected chi connectivity index (χ3v) is 3.45. The van der Waals surface area contributed by atoms with Crippen LogP contribution < -0.4 is 5.32 Å². The Morgan fingerprint density at radius 1 is 1.05 bits per heavy atom. The molecular formula is C15H13BrF3N. The molecule has 1 unspecified atom stereocenters. The number of halogens is 4. The SMILES string of the molecule is CC(Nc1ccccc1C(F)(F)F)c1cccc(Br)c1. The van der Waals surface area contributed by atoms with E-state index in [4.69, 9.17) is 0 Å². The summed E-state index contributed by atoms with van der Waals surface area (Å²) in [5.41, 5.74) is 0.352. The fourth-order valence-corrected chi connectivity index (χ4v) is 2.37. The van der Waals surface area contributed by atoms with Gasteiger partial charge < -0.3 is 5.32 Å². The van der Waals surface area contributed by atoms with Crippen LogP contribution in [0.15, 0.2) is 53.0 Å². The molecule has 0 spiro atoms. The molecule has 1 N–H and O–H groups in total. The van der Waals surface area contributed by atoms with Gasteiger partial charge in [-0.15, -0.1) is 0 Å². The van der Waals surface area contributed by atoms with Gasteiger partial charge in [0.15, 0.2) is 0 Å². The summed E-state index contributed by atoms with van der Waals surface area (Å²) in [6.45, 7) is 1.83. The average molecular weight is 344 g/mol. The van der Waals surface area contributed by atoms with Gasteiger partial charge in [0, 0.05) is 16.2 Å². The lowest BCUT2D eigenvalue weighted by molar-refractivity contribution is -0.137. The van der Waals surface area contributed by atoms with E-state index < -0.39 is 11.7 Å². The Kier molecular flexibility index (Phi) is 4.38. The van der Waals surface area contributed by atoms with Gasteiger partial charge in [0.1, 0.15) is 0 Å². The minimum atomic E-state index is -4.36. The fourth-order valence-electron chi connectivity index (χ4n) is 1.95. The van der Waals surface area contributed by atoms with E-state index in [0.717, 1.165) is 16.1 Å². The summed E-state index contributed by atoms with van der Waals surface area (Å²) in [6.07, 6.45) is -4.36. The second-order valence-corrected chi connectivity index (χ2v) is 5.38. The fraction of sp³-hybridized carbons (Fsp3) is 0.200. The van der Waals surface area contributed by atoms with Gasteiger partial charge in [-0.3, -0.25) is 0 Å². The maximum Gasteiger partial charge on any atom is 0.418 e. The van der Waals surface area contributed by atoms with E-state index in [1.54, 1.807) is 6.07 Å². The minimum absolute atomic E-state index is 0.0903. The maximum absolute atomic E-state index is 12.9. The molecule has 0 bridgehead atoms. The zero-order valence-corrected chi connectivity index (χ0v) is 12.3. The Hall–Kier alpha value is -1.49. The van der Waals surface area contributed by atoms with Crippen molar-refractivity contribution in [2.24, 2.45) is 0 Å². The predicted molar refractivity (Wildman–Crippen MR) is 77.6 cm³/mol. The monoisotopic (exact) mass is 343 g/mol. The zero-order chi connectivity index (χ0) is 14.8. The molecule has 0 heterocycles. The van der Waals surface area contributed by atoms with E-state index >= 15 is 0 Å². The van der Waals surface area contributed by atoms with E-state index in [9.17, 15) is 13.2 Å². The lowest BCUT2D eigenvalue weighted by atomic mass is 10.1. The van der Waals surface area contributed by atoms with E-state index in [1.807, 2.05) is 31.2 Å². The third-order valence-electron chi connectivity index (χ3n) is 2.95. The number of para-hydroxylation sites is 1. The van der Waals surface area contributed by atoms with Crippen molar-refractivity contribution >= 4 is 21.6 Å². The Morgan fingerprint density at radius 2 is 1.75 bits per heavy atom. The van der Waals surface area contributed by atoms with Crippen molar-refractivity contribution in [3.8, 4) is 0 Å². The summed E-state index contributed by atoms with van der Waals surface area (Å²) in [4.78, 5) is 0. The predicted octanol–water partition coefficient (Wildman–Crippen LogP) is 5.64. The maximum atomic E-state index is 12.9. The summed E-state index contributed by atoms with van der Waals surface area (Å²) in [6, 6.07) is 12.8. The highest BCUT2D eigenvalue weighted by molar-refractivity contribution is 9.10. The van der Waals surface area contributed by atoms with E-state index in [0.29, 0.717) is 0 Å². The molecule has 106 valence electrons. The second-order valence-electron chi connectivity index (χ2n) is 4.46. The Bertz CT molecular complexity index is 596. The van der Waals surface area contributed by atoms with Crippen LogP contribution in [0.5, 0.6) is 0 Å². The molecule has 0 aliphatic rings. The van der Waals surface area contributed by atoms with Crippen LogP contribution in [0.4, 0.5) is 18.9 Å². The third kappa shape index (κ3) is 3.54. The number of rotatable bonds is 3. The quantitative estimate of drug-likeness (QED) is 0.760. The van der Waals surface area contributed by atoms with Gasteiger partial charge >= 0.3 is 6.18 Å². The molecule has 0 saturated carbocycles. The van der Waals surface area contributed by atoms with Crippen LogP contribution in [0.2, 0.25) is 0 Å².